The molecule has 0 saturated carbocycles. The van der Waals surface area contributed by atoms with Gasteiger partial charge in [0.15, 0.2) is 0 Å². The average molecular weight is 369 g/mol. The Morgan fingerprint density at radius 3 is 1.93 bits per heavy atom. The maximum absolute atomic E-state index is 12.2. The molecular formula is C21H27N3O3. The van der Waals surface area contributed by atoms with Crippen molar-refractivity contribution in [2.75, 3.05) is 29.6 Å². The van der Waals surface area contributed by atoms with Crippen LogP contribution in [-0.4, -0.2) is 31.7 Å². The summed E-state index contributed by atoms with van der Waals surface area (Å²) in [6, 6.07) is 14.8. The second-order valence-corrected chi connectivity index (χ2v) is 7.49. The number of carbonyl (C=O) groups excluding carboxylic acids is 2. The Kier molecular flexibility index (Phi) is 6.45. The number of amides is 2. The van der Waals surface area contributed by atoms with Gasteiger partial charge < -0.3 is 15.0 Å². The second-order valence-electron chi connectivity index (χ2n) is 7.49. The second kappa shape index (κ2) is 8.58. The lowest BCUT2D eigenvalue weighted by Gasteiger charge is -2.19. The van der Waals surface area contributed by atoms with Crippen molar-refractivity contribution in [1.82, 2.24) is 0 Å². The molecule has 27 heavy (non-hydrogen) atoms. The van der Waals surface area contributed by atoms with Crippen LogP contribution in [0.3, 0.4) is 0 Å². The molecule has 0 aromatic heterocycles. The van der Waals surface area contributed by atoms with Gasteiger partial charge in [0.2, 0.25) is 5.91 Å². The fourth-order valence-corrected chi connectivity index (χ4v) is 2.36. The molecule has 144 valence electrons. The molecule has 0 bridgehead atoms. The van der Waals surface area contributed by atoms with Gasteiger partial charge in [0.25, 0.3) is 0 Å². The van der Waals surface area contributed by atoms with Crippen molar-refractivity contribution < 1.29 is 14.3 Å². The molecule has 6 heteroatoms. The van der Waals surface area contributed by atoms with E-state index >= 15 is 0 Å². The van der Waals surface area contributed by atoms with E-state index in [0.717, 1.165) is 16.9 Å². The highest BCUT2D eigenvalue weighted by Crippen LogP contribution is 2.17. The molecule has 0 radical (unpaired) electrons. The summed E-state index contributed by atoms with van der Waals surface area (Å²) < 4.78 is 5.21. The van der Waals surface area contributed by atoms with Crippen LogP contribution >= 0.6 is 0 Å². The SMILES string of the molecule is CN(C)c1ccc(NC(=O)Cc2ccc(NC(=O)OC(C)(C)C)cc2)cc1. The Bertz CT molecular complexity index is 776. The Labute approximate surface area is 160 Å². The number of carbonyl (C=O) groups is 2. The molecule has 2 aromatic carbocycles. The maximum atomic E-state index is 12.2. The molecule has 2 aromatic rings. The van der Waals surface area contributed by atoms with E-state index in [4.69, 9.17) is 4.74 Å². The van der Waals surface area contributed by atoms with Crippen LogP contribution < -0.4 is 15.5 Å². The number of hydrogen-bond donors (Lipinski definition) is 2. The number of nitrogens with one attached hydrogen (secondary N) is 2. The molecule has 0 atom stereocenters. The number of anilines is 3. The lowest BCUT2D eigenvalue weighted by atomic mass is 10.1. The fraction of sp³-hybridized carbons (Fsp3) is 0.333. The predicted octanol–water partition coefficient (Wildman–Crippen LogP) is 4.28. The fourth-order valence-electron chi connectivity index (χ4n) is 2.36. The summed E-state index contributed by atoms with van der Waals surface area (Å²) in [4.78, 5) is 26.0. The van der Waals surface area contributed by atoms with E-state index in [1.165, 1.54) is 0 Å². The molecule has 0 heterocycles. The predicted molar refractivity (Wildman–Crippen MR) is 109 cm³/mol. The Balaban J connectivity index is 1.88. The zero-order chi connectivity index (χ0) is 20.0. The third kappa shape index (κ3) is 7.01. The highest BCUT2D eigenvalue weighted by molar-refractivity contribution is 5.92. The van der Waals surface area contributed by atoms with Crippen LogP contribution in [0.1, 0.15) is 26.3 Å². The van der Waals surface area contributed by atoms with Crippen molar-refractivity contribution in [2.45, 2.75) is 32.8 Å². The van der Waals surface area contributed by atoms with Crippen LogP contribution in [-0.2, 0) is 16.0 Å². The quantitative estimate of drug-likeness (QED) is 0.825. The Morgan fingerprint density at radius 2 is 1.41 bits per heavy atom. The van der Waals surface area contributed by atoms with E-state index in [-0.39, 0.29) is 12.3 Å². The van der Waals surface area contributed by atoms with Gasteiger partial charge in [-0.25, -0.2) is 4.79 Å². The molecule has 2 rings (SSSR count). The first-order valence-corrected chi connectivity index (χ1v) is 8.78. The highest BCUT2D eigenvalue weighted by atomic mass is 16.6. The minimum absolute atomic E-state index is 0.0968. The normalized spacial score (nSPS) is 10.9. The van der Waals surface area contributed by atoms with Crippen molar-refractivity contribution in [3.8, 4) is 0 Å². The molecular weight excluding hydrogens is 342 g/mol. The summed E-state index contributed by atoms with van der Waals surface area (Å²) in [7, 11) is 3.93. The first-order chi connectivity index (χ1) is 12.6. The smallest absolute Gasteiger partial charge is 0.412 e. The van der Waals surface area contributed by atoms with Crippen molar-refractivity contribution in [3.05, 3.63) is 54.1 Å². The lowest BCUT2D eigenvalue weighted by Crippen LogP contribution is -2.27. The minimum atomic E-state index is -0.549. The van der Waals surface area contributed by atoms with Crippen LogP contribution in [0, 0.1) is 0 Å². The summed E-state index contributed by atoms with van der Waals surface area (Å²) in [5.74, 6) is -0.0968. The zero-order valence-electron chi connectivity index (χ0n) is 16.5. The Hall–Kier alpha value is -3.02. The standard InChI is InChI=1S/C21H27N3O3/c1-21(2,3)27-20(26)23-17-8-6-15(7-9-17)14-19(25)22-16-10-12-18(13-11-16)24(4)5/h6-13H,14H2,1-5H3,(H,22,25)(H,23,26). The van der Waals surface area contributed by atoms with E-state index in [1.54, 1.807) is 24.3 Å². The third-order valence-corrected chi connectivity index (χ3v) is 3.63. The van der Waals surface area contributed by atoms with Crippen LogP contribution in [0.5, 0.6) is 0 Å². The number of hydrogen-bond acceptors (Lipinski definition) is 4. The van der Waals surface area contributed by atoms with Gasteiger partial charge in [-0.3, -0.25) is 10.1 Å². The maximum Gasteiger partial charge on any atom is 0.412 e. The molecule has 2 N–H and O–H groups in total. The van der Waals surface area contributed by atoms with Gasteiger partial charge in [-0.05, 0) is 62.7 Å². The Morgan fingerprint density at radius 1 is 0.889 bits per heavy atom. The van der Waals surface area contributed by atoms with Gasteiger partial charge in [-0.2, -0.15) is 0 Å². The number of nitrogens with zero attached hydrogens (tertiary/aromatic N) is 1. The summed E-state index contributed by atoms with van der Waals surface area (Å²) in [6.45, 7) is 5.42. The first-order valence-electron chi connectivity index (χ1n) is 8.78. The zero-order valence-corrected chi connectivity index (χ0v) is 16.5. The monoisotopic (exact) mass is 369 g/mol. The number of benzene rings is 2. The van der Waals surface area contributed by atoms with E-state index in [1.807, 2.05) is 64.0 Å². The topological polar surface area (TPSA) is 70.7 Å². The molecule has 2 amide bonds. The molecule has 0 fully saturated rings. The summed E-state index contributed by atoms with van der Waals surface area (Å²) in [5, 5.41) is 5.55. The van der Waals surface area contributed by atoms with E-state index in [2.05, 4.69) is 10.6 Å². The molecule has 0 spiro atoms. The van der Waals surface area contributed by atoms with E-state index in [9.17, 15) is 9.59 Å². The summed E-state index contributed by atoms with van der Waals surface area (Å²) in [5.41, 5.74) is 2.75. The van der Waals surface area contributed by atoms with Crippen molar-refractivity contribution in [1.29, 1.82) is 0 Å². The van der Waals surface area contributed by atoms with Crippen LogP contribution in [0.25, 0.3) is 0 Å². The van der Waals surface area contributed by atoms with Gasteiger partial charge in [-0.1, -0.05) is 12.1 Å². The van der Waals surface area contributed by atoms with Gasteiger partial charge in [0.1, 0.15) is 5.60 Å². The van der Waals surface area contributed by atoms with Crippen molar-refractivity contribution in [3.63, 3.8) is 0 Å². The van der Waals surface area contributed by atoms with Crippen LogP contribution in [0.4, 0.5) is 21.9 Å². The van der Waals surface area contributed by atoms with Gasteiger partial charge in [0, 0.05) is 31.2 Å². The highest BCUT2D eigenvalue weighted by Gasteiger charge is 2.16. The summed E-state index contributed by atoms with van der Waals surface area (Å²) in [6.07, 6.45) is -0.253. The van der Waals surface area contributed by atoms with Gasteiger partial charge >= 0.3 is 6.09 Å². The average Bonchev–Trinajstić information content (AvgIpc) is 2.55. The molecule has 0 saturated heterocycles. The molecule has 0 aliphatic rings. The number of rotatable bonds is 5. The minimum Gasteiger partial charge on any atom is -0.444 e. The van der Waals surface area contributed by atoms with E-state index in [0.29, 0.717) is 5.69 Å². The largest absolute Gasteiger partial charge is 0.444 e. The molecule has 0 aliphatic carbocycles. The van der Waals surface area contributed by atoms with E-state index < -0.39 is 11.7 Å². The summed E-state index contributed by atoms with van der Waals surface area (Å²) >= 11 is 0. The number of ether oxygens (including phenoxy) is 1. The van der Waals surface area contributed by atoms with Crippen molar-refractivity contribution in [2.24, 2.45) is 0 Å². The van der Waals surface area contributed by atoms with Crippen LogP contribution in [0.2, 0.25) is 0 Å². The van der Waals surface area contributed by atoms with Crippen LogP contribution in [0.15, 0.2) is 48.5 Å². The first kappa shape index (κ1) is 20.3. The lowest BCUT2D eigenvalue weighted by molar-refractivity contribution is -0.115. The van der Waals surface area contributed by atoms with Gasteiger partial charge in [0.05, 0.1) is 6.42 Å². The molecule has 0 aliphatic heterocycles. The molecule has 0 unspecified atom stereocenters. The molecule has 6 nitrogen and oxygen atoms in total. The third-order valence-electron chi connectivity index (χ3n) is 3.63. The van der Waals surface area contributed by atoms with Gasteiger partial charge in [-0.15, -0.1) is 0 Å². The van der Waals surface area contributed by atoms with Crippen molar-refractivity contribution >= 4 is 29.1 Å².